The zero-order valence-electron chi connectivity index (χ0n) is 7.50. The molecule has 1 rings (SSSR count). The Bertz CT molecular complexity index is 379. The lowest BCUT2D eigenvalue weighted by molar-refractivity contribution is 0.621. The Morgan fingerprint density at radius 1 is 1.50 bits per heavy atom. The molecule has 1 aromatic carbocycles. The number of benzene rings is 1. The summed E-state index contributed by atoms with van der Waals surface area (Å²) in [5.41, 5.74) is 0.552. The average molecular weight is 254 g/mol. The smallest absolute Gasteiger partial charge is 0.148 e. The highest BCUT2D eigenvalue weighted by atomic mass is 79.9. The lowest BCUT2D eigenvalue weighted by Crippen LogP contribution is -1.87. The van der Waals surface area contributed by atoms with Gasteiger partial charge in [0.05, 0.1) is 5.56 Å². The Kier molecular flexibility index (Phi) is 4.34. The van der Waals surface area contributed by atoms with Crippen molar-refractivity contribution in [2.45, 2.75) is 6.42 Å². The fraction of sp³-hybridized carbons (Fsp3) is 0.182. The van der Waals surface area contributed by atoms with E-state index in [0.717, 1.165) is 11.8 Å². The molecule has 0 aliphatic heterocycles. The van der Waals surface area contributed by atoms with Crippen LogP contribution in [-0.4, -0.2) is 5.33 Å². The van der Waals surface area contributed by atoms with Crippen molar-refractivity contribution in [2.24, 2.45) is 0 Å². The maximum atomic E-state index is 13.4. The van der Waals surface area contributed by atoms with E-state index in [1.54, 1.807) is 18.2 Å². The number of rotatable bonds is 3. The van der Waals surface area contributed by atoms with E-state index >= 15 is 0 Å². The number of alkyl halides is 1. The summed E-state index contributed by atoms with van der Waals surface area (Å²) >= 11 is 3.27. The van der Waals surface area contributed by atoms with Crippen molar-refractivity contribution in [3.8, 4) is 6.07 Å². The molecule has 1 aromatic rings. The molecular weight excluding hydrogens is 245 g/mol. The standard InChI is InChI=1S/C11H9BrFN/c12-7-2-1-4-9-5-3-6-10(8-14)11(9)13/h1,3-6H,2,7H2. The molecule has 0 radical (unpaired) electrons. The Labute approximate surface area is 91.0 Å². The van der Waals surface area contributed by atoms with Crippen LogP contribution in [0.25, 0.3) is 6.08 Å². The maximum Gasteiger partial charge on any atom is 0.148 e. The zero-order valence-corrected chi connectivity index (χ0v) is 9.09. The van der Waals surface area contributed by atoms with Gasteiger partial charge in [-0.25, -0.2) is 4.39 Å². The zero-order chi connectivity index (χ0) is 10.4. The van der Waals surface area contributed by atoms with Crippen molar-refractivity contribution in [2.75, 3.05) is 5.33 Å². The molecular formula is C11H9BrFN. The monoisotopic (exact) mass is 253 g/mol. The number of halogens is 2. The van der Waals surface area contributed by atoms with Gasteiger partial charge in [0, 0.05) is 10.9 Å². The van der Waals surface area contributed by atoms with E-state index in [-0.39, 0.29) is 5.56 Å². The average Bonchev–Trinajstić information content (AvgIpc) is 2.21. The lowest BCUT2D eigenvalue weighted by atomic mass is 10.1. The van der Waals surface area contributed by atoms with Crippen LogP contribution in [0.5, 0.6) is 0 Å². The first-order valence-corrected chi connectivity index (χ1v) is 5.33. The third-order valence-corrected chi connectivity index (χ3v) is 2.18. The normalized spacial score (nSPS) is 10.4. The Morgan fingerprint density at radius 2 is 2.29 bits per heavy atom. The Balaban J connectivity index is 2.94. The van der Waals surface area contributed by atoms with Crippen LogP contribution >= 0.6 is 15.9 Å². The van der Waals surface area contributed by atoms with Gasteiger partial charge in [0.2, 0.25) is 0 Å². The van der Waals surface area contributed by atoms with Gasteiger partial charge in [-0.3, -0.25) is 0 Å². The Hall–Kier alpha value is -1.14. The summed E-state index contributed by atoms with van der Waals surface area (Å²) in [5.74, 6) is -0.444. The van der Waals surface area contributed by atoms with Crippen molar-refractivity contribution >= 4 is 22.0 Å². The fourth-order valence-corrected chi connectivity index (χ4v) is 1.30. The summed E-state index contributed by atoms with van der Waals surface area (Å²) in [5, 5.41) is 9.44. The first kappa shape index (κ1) is 10.9. The van der Waals surface area contributed by atoms with E-state index in [4.69, 9.17) is 5.26 Å². The highest BCUT2D eigenvalue weighted by Crippen LogP contribution is 2.13. The molecule has 0 N–H and O–H groups in total. The topological polar surface area (TPSA) is 23.8 Å². The van der Waals surface area contributed by atoms with Gasteiger partial charge in [-0.1, -0.05) is 40.2 Å². The fourth-order valence-electron chi connectivity index (χ4n) is 1.04. The molecule has 0 saturated carbocycles. The van der Waals surface area contributed by atoms with Gasteiger partial charge in [-0.05, 0) is 12.5 Å². The van der Waals surface area contributed by atoms with Gasteiger partial charge in [-0.2, -0.15) is 5.26 Å². The van der Waals surface area contributed by atoms with E-state index in [2.05, 4.69) is 15.9 Å². The SMILES string of the molecule is N#Cc1cccc(C=CCCBr)c1F. The third-order valence-electron chi connectivity index (χ3n) is 1.72. The van der Waals surface area contributed by atoms with Crippen LogP contribution in [0.4, 0.5) is 4.39 Å². The molecule has 3 heteroatoms. The number of nitrogens with zero attached hydrogens (tertiary/aromatic N) is 1. The van der Waals surface area contributed by atoms with E-state index in [0.29, 0.717) is 5.56 Å². The van der Waals surface area contributed by atoms with Crippen LogP contribution < -0.4 is 0 Å². The summed E-state index contributed by atoms with van der Waals surface area (Å²) in [4.78, 5) is 0. The van der Waals surface area contributed by atoms with Crippen molar-refractivity contribution in [1.82, 2.24) is 0 Å². The van der Waals surface area contributed by atoms with Gasteiger partial charge in [0.25, 0.3) is 0 Å². The van der Waals surface area contributed by atoms with Gasteiger partial charge in [0.1, 0.15) is 11.9 Å². The van der Waals surface area contributed by atoms with E-state index in [1.165, 1.54) is 6.07 Å². The maximum absolute atomic E-state index is 13.4. The summed E-state index contributed by atoms with van der Waals surface area (Å²) in [7, 11) is 0. The molecule has 0 saturated heterocycles. The van der Waals surface area contributed by atoms with E-state index in [1.807, 2.05) is 12.1 Å². The van der Waals surface area contributed by atoms with Crippen LogP contribution in [0.3, 0.4) is 0 Å². The Morgan fingerprint density at radius 3 is 2.93 bits per heavy atom. The molecule has 0 fully saturated rings. The van der Waals surface area contributed by atoms with Gasteiger partial charge in [0.15, 0.2) is 0 Å². The first-order chi connectivity index (χ1) is 6.79. The highest BCUT2D eigenvalue weighted by Gasteiger charge is 2.03. The van der Waals surface area contributed by atoms with Crippen molar-refractivity contribution in [3.05, 3.63) is 41.2 Å². The predicted molar refractivity (Wildman–Crippen MR) is 58.6 cm³/mol. The molecule has 0 bridgehead atoms. The molecule has 0 spiro atoms. The van der Waals surface area contributed by atoms with Gasteiger partial charge >= 0.3 is 0 Å². The highest BCUT2D eigenvalue weighted by molar-refractivity contribution is 9.09. The number of nitriles is 1. The first-order valence-electron chi connectivity index (χ1n) is 4.20. The van der Waals surface area contributed by atoms with Crippen LogP contribution in [0.1, 0.15) is 17.5 Å². The van der Waals surface area contributed by atoms with E-state index in [9.17, 15) is 4.39 Å². The molecule has 0 atom stereocenters. The molecule has 0 heterocycles. The molecule has 0 amide bonds. The van der Waals surface area contributed by atoms with Crippen molar-refractivity contribution in [3.63, 3.8) is 0 Å². The minimum Gasteiger partial charge on any atom is -0.205 e. The summed E-state index contributed by atoms with van der Waals surface area (Å²) in [6, 6.07) is 6.61. The number of hydrogen-bond acceptors (Lipinski definition) is 1. The van der Waals surface area contributed by atoms with Crippen molar-refractivity contribution in [1.29, 1.82) is 5.26 Å². The second-order valence-corrected chi connectivity index (χ2v) is 3.49. The van der Waals surface area contributed by atoms with Crippen LogP contribution in [0.15, 0.2) is 24.3 Å². The minimum absolute atomic E-state index is 0.0889. The van der Waals surface area contributed by atoms with Gasteiger partial charge < -0.3 is 0 Å². The molecule has 72 valence electrons. The molecule has 0 aliphatic rings. The largest absolute Gasteiger partial charge is 0.205 e. The van der Waals surface area contributed by atoms with Crippen molar-refractivity contribution < 1.29 is 4.39 Å². The second kappa shape index (κ2) is 5.56. The van der Waals surface area contributed by atoms with Crippen LogP contribution in [0, 0.1) is 17.1 Å². The second-order valence-electron chi connectivity index (χ2n) is 2.70. The summed E-state index contributed by atoms with van der Waals surface area (Å²) in [6.07, 6.45) is 4.40. The quantitative estimate of drug-likeness (QED) is 0.757. The van der Waals surface area contributed by atoms with Gasteiger partial charge in [-0.15, -0.1) is 0 Å². The van der Waals surface area contributed by atoms with Crippen LogP contribution in [0.2, 0.25) is 0 Å². The molecule has 0 aliphatic carbocycles. The summed E-state index contributed by atoms with van der Waals surface area (Å²) in [6.45, 7) is 0. The van der Waals surface area contributed by atoms with E-state index < -0.39 is 5.82 Å². The minimum atomic E-state index is -0.444. The molecule has 0 aromatic heterocycles. The predicted octanol–water partition coefficient (Wildman–Crippen LogP) is 3.50. The lowest BCUT2D eigenvalue weighted by Gasteiger charge is -1.97. The number of allylic oxidation sites excluding steroid dienone is 1. The molecule has 0 unspecified atom stereocenters. The number of hydrogen-bond donors (Lipinski definition) is 0. The molecule has 1 nitrogen and oxygen atoms in total. The molecule has 14 heavy (non-hydrogen) atoms. The van der Waals surface area contributed by atoms with Crippen LogP contribution in [-0.2, 0) is 0 Å². The third kappa shape index (κ3) is 2.68. The summed E-state index contributed by atoms with van der Waals surface area (Å²) < 4.78 is 13.4.